The molecular formula is C20H21F4N3O3S2. The third-order valence-corrected chi connectivity index (χ3v) is 5.95. The predicted molar refractivity (Wildman–Crippen MR) is 119 cm³/mol. The van der Waals surface area contributed by atoms with Crippen LogP contribution in [0.1, 0.15) is 45.0 Å². The number of esters is 1. The highest BCUT2D eigenvalue weighted by Crippen LogP contribution is 2.35. The number of nitrogens with one attached hydrogen (secondary N) is 2. The van der Waals surface area contributed by atoms with Gasteiger partial charge in [-0.25, -0.2) is 9.18 Å². The van der Waals surface area contributed by atoms with Gasteiger partial charge in [0.25, 0.3) is 5.91 Å². The first kappa shape index (κ1) is 25.5. The number of methoxy groups -OCH3 is 1. The van der Waals surface area contributed by atoms with Crippen molar-refractivity contribution >= 4 is 51.2 Å². The smallest absolute Gasteiger partial charge is 0.416 e. The van der Waals surface area contributed by atoms with E-state index in [1.165, 1.54) is 7.11 Å². The Balaban J connectivity index is 2.38. The summed E-state index contributed by atoms with van der Waals surface area (Å²) in [6.45, 7) is 6.12. The lowest BCUT2D eigenvalue weighted by molar-refractivity contribution is -0.137. The Hall–Kier alpha value is -2.73. The average molecular weight is 492 g/mol. The quantitative estimate of drug-likeness (QED) is 0.325. The maximum atomic E-state index is 14.0. The van der Waals surface area contributed by atoms with Crippen LogP contribution in [0.15, 0.2) is 18.2 Å². The van der Waals surface area contributed by atoms with Gasteiger partial charge in [0.05, 0.1) is 28.8 Å². The van der Waals surface area contributed by atoms with Crippen molar-refractivity contribution in [1.29, 1.82) is 0 Å². The normalized spacial score (nSPS) is 11.1. The Morgan fingerprint density at radius 3 is 2.34 bits per heavy atom. The number of benzene rings is 1. The molecule has 0 aliphatic carbocycles. The van der Waals surface area contributed by atoms with Gasteiger partial charge < -0.3 is 20.3 Å². The molecule has 1 aromatic heterocycles. The fourth-order valence-corrected chi connectivity index (χ4v) is 4.31. The number of halogens is 4. The van der Waals surface area contributed by atoms with E-state index in [1.807, 2.05) is 13.8 Å². The molecule has 2 aromatic rings. The van der Waals surface area contributed by atoms with E-state index in [0.717, 1.165) is 11.3 Å². The van der Waals surface area contributed by atoms with E-state index in [2.05, 4.69) is 10.6 Å². The summed E-state index contributed by atoms with van der Waals surface area (Å²) in [5.74, 6) is -1.97. The first-order valence-corrected chi connectivity index (χ1v) is 10.6. The van der Waals surface area contributed by atoms with Crippen molar-refractivity contribution in [3.05, 3.63) is 45.6 Å². The fraction of sp³-hybridized carbons (Fsp3) is 0.350. The van der Waals surface area contributed by atoms with Gasteiger partial charge in [0.2, 0.25) is 0 Å². The van der Waals surface area contributed by atoms with Crippen molar-refractivity contribution in [1.82, 2.24) is 4.90 Å². The van der Waals surface area contributed by atoms with Crippen LogP contribution in [0, 0.1) is 12.7 Å². The largest absolute Gasteiger partial charge is 0.465 e. The van der Waals surface area contributed by atoms with Crippen molar-refractivity contribution in [3.63, 3.8) is 0 Å². The van der Waals surface area contributed by atoms with Crippen molar-refractivity contribution < 1.29 is 31.9 Å². The zero-order valence-corrected chi connectivity index (χ0v) is 19.3. The van der Waals surface area contributed by atoms with Crippen LogP contribution in [-0.2, 0) is 10.9 Å². The first-order chi connectivity index (χ1) is 14.9. The SMILES string of the molecule is CCN(CC)C(=O)c1sc(NC(=S)Nc2cc(C(F)(F)F)ccc2F)c(C(=O)OC)c1C. The number of carbonyl (C=O) groups is 2. The third-order valence-electron chi connectivity index (χ3n) is 4.55. The van der Waals surface area contributed by atoms with Crippen LogP contribution >= 0.6 is 23.6 Å². The Kier molecular flexibility index (Phi) is 8.18. The molecule has 6 nitrogen and oxygen atoms in total. The second-order valence-corrected chi connectivity index (χ2v) is 7.93. The second kappa shape index (κ2) is 10.3. The number of hydrogen-bond donors (Lipinski definition) is 2. The molecular weight excluding hydrogens is 470 g/mol. The van der Waals surface area contributed by atoms with E-state index >= 15 is 0 Å². The molecule has 174 valence electrons. The monoisotopic (exact) mass is 491 g/mol. The lowest BCUT2D eigenvalue weighted by Gasteiger charge is -2.18. The number of amides is 1. The summed E-state index contributed by atoms with van der Waals surface area (Å²) in [4.78, 5) is 27.0. The van der Waals surface area contributed by atoms with Crippen molar-refractivity contribution in [2.24, 2.45) is 0 Å². The summed E-state index contributed by atoms with van der Waals surface area (Å²) < 4.78 is 57.6. The standard InChI is InChI=1S/C20H21F4N3O3S2/c1-5-27(6-2)17(28)15-10(3)14(18(29)30-4)16(32-15)26-19(31)25-13-9-11(20(22,23)24)7-8-12(13)21/h7-9H,5-6H2,1-4H3,(H2,25,26,31). The molecule has 1 heterocycles. The van der Waals surface area contributed by atoms with E-state index in [0.29, 0.717) is 36.9 Å². The highest BCUT2D eigenvalue weighted by Gasteiger charge is 2.31. The molecule has 12 heteroatoms. The molecule has 1 aromatic carbocycles. The molecule has 0 unspecified atom stereocenters. The van der Waals surface area contributed by atoms with E-state index < -0.39 is 29.2 Å². The number of carbonyl (C=O) groups excluding carboxylic acids is 2. The second-order valence-electron chi connectivity index (χ2n) is 6.50. The fourth-order valence-electron chi connectivity index (χ4n) is 2.86. The molecule has 0 fully saturated rings. The zero-order chi connectivity index (χ0) is 24.2. The highest BCUT2D eigenvalue weighted by molar-refractivity contribution is 7.80. The number of thiocarbonyl (C=S) groups is 1. The predicted octanol–water partition coefficient (Wildman–Crippen LogP) is 5.29. The van der Waals surface area contributed by atoms with E-state index in [1.54, 1.807) is 11.8 Å². The molecule has 0 aliphatic rings. The van der Waals surface area contributed by atoms with Crippen LogP contribution in [0.4, 0.5) is 28.3 Å². The number of hydrogen-bond acceptors (Lipinski definition) is 5. The lowest BCUT2D eigenvalue weighted by Crippen LogP contribution is -2.30. The number of anilines is 2. The summed E-state index contributed by atoms with van der Waals surface area (Å²) in [6.07, 6.45) is -4.66. The molecule has 0 radical (unpaired) electrons. The summed E-state index contributed by atoms with van der Waals surface area (Å²) in [7, 11) is 1.17. The van der Waals surface area contributed by atoms with Crippen LogP contribution in [-0.4, -0.2) is 42.1 Å². The van der Waals surface area contributed by atoms with Crippen LogP contribution < -0.4 is 10.6 Å². The molecule has 1 amide bonds. The van der Waals surface area contributed by atoms with Crippen molar-refractivity contribution in [2.45, 2.75) is 26.9 Å². The average Bonchev–Trinajstić information content (AvgIpc) is 3.04. The van der Waals surface area contributed by atoms with Crippen LogP contribution in [0.25, 0.3) is 0 Å². The van der Waals surface area contributed by atoms with Gasteiger partial charge in [-0.1, -0.05) is 0 Å². The van der Waals surface area contributed by atoms with Crippen LogP contribution in [0.5, 0.6) is 0 Å². The molecule has 2 rings (SSSR count). The number of alkyl halides is 3. The van der Waals surface area contributed by atoms with Crippen molar-refractivity contribution in [2.75, 3.05) is 30.8 Å². The van der Waals surface area contributed by atoms with Gasteiger partial charge in [-0.15, -0.1) is 11.3 Å². The van der Waals surface area contributed by atoms with Crippen LogP contribution in [0.2, 0.25) is 0 Å². The Labute approximate surface area is 191 Å². The summed E-state index contributed by atoms with van der Waals surface area (Å²) in [5, 5.41) is 4.91. The molecule has 0 atom stereocenters. The van der Waals surface area contributed by atoms with Gasteiger partial charge in [0, 0.05) is 13.1 Å². The Morgan fingerprint density at radius 1 is 1.19 bits per heavy atom. The molecule has 0 spiro atoms. The third kappa shape index (κ3) is 5.54. The van der Waals surface area contributed by atoms with E-state index in [-0.39, 0.29) is 26.5 Å². The number of thiophene rings is 1. The number of ether oxygens (including phenoxy) is 1. The summed E-state index contributed by atoms with van der Waals surface area (Å²) in [5.41, 5.74) is -1.13. The van der Waals surface area contributed by atoms with E-state index in [9.17, 15) is 27.2 Å². The van der Waals surface area contributed by atoms with Gasteiger partial charge in [-0.2, -0.15) is 13.2 Å². The highest BCUT2D eigenvalue weighted by atomic mass is 32.1. The Morgan fingerprint density at radius 2 is 1.81 bits per heavy atom. The topological polar surface area (TPSA) is 70.7 Å². The van der Waals surface area contributed by atoms with Gasteiger partial charge in [-0.05, 0) is 56.8 Å². The van der Waals surface area contributed by atoms with Gasteiger partial charge in [0.15, 0.2) is 5.11 Å². The van der Waals surface area contributed by atoms with Crippen LogP contribution in [0.3, 0.4) is 0 Å². The van der Waals surface area contributed by atoms with Gasteiger partial charge in [0.1, 0.15) is 10.8 Å². The minimum Gasteiger partial charge on any atom is -0.465 e. The summed E-state index contributed by atoms with van der Waals surface area (Å²) in [6, 6.07) is 1.86. The van der Waals surface area contributed by atoms with Gasteiger partial charge >= 0.3 is 12.1 Å². The molecule has 0 saturated heterocycles. The molecule has 0 aliphatic heterocycles. The van der Waals surface area contributed by atoms with Crippen molar-refractivity contribution in [3.8, 4) is 0 Å². The zero-order valence-electron chi connectivity index (χ0n) is 17.6. The molecule has 0 bridgehead atoms. The van der Waals surface area contributed by atoms with Gasteiger partial charge in [-0.3, -0.25) is 4.79 Å². The Bertz CT molecular complexity index is 1030. The summed E-state index contributed by atoms with van der Waals surface area (Å²) >= 11 is 6.04. The lowest BCUT2D eigenvalue weighted by atomic mass is 10.1. The maximum Gasteiger partial charge on any atom is 0.416 e. The minimum absolute atomic E-state index is 0.0571. The number of nitrogens with zero attached hydrogens (tertiary/aromatic N) is 1. The maximum absolute atomic E-state index is 14.0. The molecule has 2 N–H and O–H groups in total. The minimum atomic E-state index is -4.66. The number of rotatable bonds is 6. The molecule has 32 heavy (non-hydrogen) atoms. The molecule has 0 saturated carbocycles. The first-order valence-electron chi connectivity index (χ1n) is 9.40. The van der Waals surface area contributed by atoms with E-state index in [4.69, 9.17) is 17.0 Å².